The Morgan fingerprint density at radius 1 is 1.29 bits per heavy atom. The minimum Gasteiger partial charge on any atom is -0.343 e. The van der Waals surface area contributed by atoms with Gasteiger partial charge in [-0.15, -0.1) is 0 Å². The molecule has 1 heterocycles. The molecule has 0 saturated carbocycles. The van der Waals surface area contributed by atoms with E-state index in [0.717, 1.165) is 51.4 Å². The summed E-state index contributed by atoms with van der Waals surface area (Å²) < 4.78 is 0. The third-order valence-electron chi connectivity index (χ3n) is 3.69. The van der Waals surface area contributed by atoms with E-state index in [9.17, 15) is 4.79 Å². The van der Waals surface area contributed by atoms with Crippen LogP contribution >= 0.6 is 0 Å². The van der Waals surface area contributed by atoms with Gasteiger partial charge in [0.05, 0.1) is 0 Å². The molecule has 3 nitrogen and oxygen atoms in total. The lowest BCUT2D eigenvalue weighted by Crippen LogP contribution is -2.31. The number of nitrogens with one attached hydrogen (secondary N) is 1. The van der Waals surface area contributed by atoms with E-state index < -0.39 is 0 Å². The molecule has 1 aliphatic heterocycles. The third-order valence-corrected chi connectivity index (χ3v) is 3.69. The number of nitrogens with zero attached hydrogens (tertiary/aromatic N) is 1. The fourth-order valence-corrected chi connectivity index (χ4v) is 2.60. The van der Waals surface area contributed by atoms with Crippen LogP contribution < -0.4 is 5.32 Å². The molecule has 0 aromatic carbocycles. The number of carbonyl (C=O) groups is 1. The normalized spacial score (nSPS) is 17.1. The van der Waals surface area contributed by atoms with E-state index in [2.05, 4.69) is 19.2 Å². The highest BCUT2D eigenvalue weighted by Crippen LogP contribution is 2.18. The van der Waals surface area contributed by atoms with Crippen LogP contribution in [0.1, 0.15) is 52.4 Å². The zero-order valence-electron chi connectivity index (χ0n) is 11.5. The van der Waals surface area contributed by atoms with Crippen LogP contribution in [0.15, 0.2) is 0 Å². The summed E-state index contributed by atoms with van der Waals surface area (Å²) in [6.07, 6.45) is 6.70. The fraction of sp³-hybridized carbons (Fsp3) is 0.929. The van der Waals surface area contributed by atoms with Crippen molar-refractivity contribution >= 4 is 5.91 Å². The lowest BCUT2D eigenvalue weighted by atomic mass is 9.92. The van der Waals surface area contributed by atoms with Crippen molar-refractivity contribution in [1.82, 2.24) is 10.2 Å². The minimum absolute atomic E-state index is 0.350. The monoisotopic (exact) mass is 240 g/mol. The van der Waals surface area contributed by atoms with E-state index in [0.29, 0.717) is 5.91 Å². The van der Waals surface area contributed by atoms with Gasteiger partial charge in [-0.1, -0.05) is 6.92 Å². The summed E-state index contributed by atoms with van der Waals surface area (Å²) in [5, 5.41) is 3.38. The second kappa shape index (κ2) is 8.51. The standard InChI is InChI=1S/C14H28N2O/c1-3-12-16(4-2)14(17)7-5-6-13-8-10-15-11-9-13/h13,15H,3-12H2,1-2H3. The SMILES string of the molecule is CCCN(CC)C(=O)CCCC1CCNCC1. The largest absolute Gasteiger partial charge is 0.343 e. The van der Waals surface area contributed by atoms with Crippen LogP contribution in [0, 0.1) is 5.92 Å². The van der Waals surface area contributed by atoms with E-state index >= 15 is 0 Å². The molecule has 3 heteroatoms. The maximum absolute atomic E-state index is 11.9. The Kier molecular flexibility index (Phi) is 7.25. The molecule has 1 amide bonds. The second-order valence-electron chi connectivity index (χ2n) is 5.06. The van der Waals surface area contributed by atoms with Crippen LogP contribution in [0.25, 0.3) is 0 Å². The first-order chi connectivity index (χ1) is 8.27. The van der Waals surface area contributed by atoms with Crippen molar-refractivity contribution in [3.8, 4) is 0 Å². The predicted molar refractivity (Wildman–Crippen MR) is 72.0 cm³/mol. The Bertz CT molecular complexity index is 212. The molecular weight excluding hydrogens is 212 g/mol. The van der Waals surface area contributed by atoms with Gasteiger partial charge in [0.25, 0.3) is 0 Å². The summed E-state index contributed by atoms with van der Waals surface area (Å²) >= 11 is 0. The first-order valence-electron chi connectivity index (χ1n) is 7.26. The molecular formula is C14H28N2O. The van der Waals surface area contributed by atoms with Crippen molar-refractivity contribution in [2.24, 2.45) is 5.92 Å². The highest BCUT2D eigenvalue weighted by Gasteiger charge is 2.14. The van der Waals surface area contributed by atoms with Gasteiger partial charge < -0.3 is 10.2 Å². The molecule has 0 aliphatic carbocycles. The lowest BCUT2D eigenvalue weighted by molar-refractivity contribution is -0.131. The third kappa shape index (κ3) is 5.53. The maximum Gasteiger partial charge on any atom is 0.222 e. The van der Waals surface area contributed by atoms with Gasteiger partial charge >= 0.3 is 0 Å². The van der Waals surface area contributed by atoms with Gasteiger partial charge in [-0.05, 0) is 58.0 Å². The van der Waals surface area contributed by atoms with Crippen LogP contribution in [0.3, 0.4) is 0 Å². The van der Waals surface area contributed by atoms with E-state index in [4.69, 9.17) is 0 Å². The number of hydrogen-bond acceptors (Lipinski definition) is 2. The lowest BCUT2D eigenvalue weighted by Gasteiger charge is -2.23. The van der Waals surface area contributed by atoms with Crippen molar-refractivity contribution in [3.05, 3.63) is 0 Å². The summed E-state index contributed by atoms with van der Waals surface area (Å²) in [6, 6.07) is 0. The quantitative estimate of drug-likeness (QED) is 0.741. The summed E-state index contributed by atoms with van der Waals surface area (Å²) in [5.41, 5.74) is 0. The Morgan fingerprint density at radius 3 is 2.59 bits per heavy atom. The molecule has 0 unspecified atom stereocenters. The molecule has 1 rings (SSSR count). The average Bonchev–Trinajstić information content (AvgIpc) is 2.37. The van der Waals surface area contributed by atoms with Crippen molar-refractivity contribution in [1.29, 1.82) is 0 Å². The molecule has 1 N–H and O–H groups in total. The zero-order valence-corrected chi connectivity index (χ0v) is 11.5. The maximum atomic E-state index is 11.9. The van der Waals surface area contributed by atoms with Gasteiger partial charge in [-0.3, -0.25) is 4.79 Å². The zero-order chi connectivity index (χ0) is 12.5. The first-order valence-corrected chi connectivity index (χ1v) is 7.26. The fourth-order valence-electron chi connectivity index (χ4n) is 2.60. The second-order valence-corrected chi connectivity index (χ2v) is 5.06. The van der Waals surface area contributed by atoms with Gasteiger partial charge in [0, 0.05) is 19.5 Å². The smallest absolute Gasteiger partial charge is 0.222 e. The molecule has 0 aromatic heterocycles. The Balaban J connectivity index is 2.13. The van der Waals surface area contributed by atoms with Crippen LogP contribution in [0.2, 0.25) is 0 Å². The van der Waals surface area contributed by atoms with Crippen LogP contribution in [0.5, 0.6) is 0 Å². The summed E-state index contributed by atoms with van der Waals surface area (Å²) in [7, 11) is 0. The molecule has 0 bridgehead atoms. The Hall–Kier alpha value is -0.570. The molecule has 0 radical (unpaired) electrons. The summed E-state index contributed by atoms with van der Waals surface area (Å²) in [4.78, 5) is 13.9. The molecule has 0 aromatic rings. The van der Waals surface area contributed by atoms with Crippen molar-refractivity contribution in [2.45, 2.75) is 52.4 Å². The number of hydrogen-bond donors (Lipinski definition) is 1. The molecule has 0 spiro atoms. The van der Waals surface area contributed by atoms with Crippen LogP contribution in [0.4, 0.5) is 0 Å². The highest BCUT2D eigenvalue weighted by atomic mass is 16.2. The Labute approximate surface area is 106 Å². The van der Waals surface area contributed by atoms with E-state index in [1.54, 1.807) is 0 Å². The number of amides is 1. The molecule has 1 aliphatic rings. The van der Waals surface area contributed by atoms with Gasteiger partial charge in [0.15, 0.2) is 0 Å². The number of rotatable bonds is 7. The van der Waals surface area contributed by atoms with Crippen molar-refractivity contribution in [2.75, 3.05) is 26.2 Å². The number of carbonyl (C=O) groups excluding carboxylic acids is 1. The van der Waals surface area contributed by atoms with Gasteiger partial charge in [-0.2, -0.15) is 0 Å². The minimum atomic E-state index is 0.350. The van der Waals surface area contributed by atoms with Crippen LogP contribution in [-0.4, -0.2) is 37.0 Å². The average molecular weight is 240 g/mol. The molecule has 100 valence electrons. The molecule has 1 saturated heterocycles. The first kappa shape index (κ1) is 14.5. The summed E-state index contributed by atoms with van der Waals surface area (Å²) in [5.74, 6) is 1.20. The van der Waals surface area contributed by atoms with E-state index in [1.807, 2.05) is 4.90 Å². The molecule has 17 heavy (non-hydrogen) atoms. The number of piperidine rings is 1. The topological polar surface area (TPSA) is 32.3 Å². The predicted octanol–water partition coefficient (Wildman–Crippen LogP) is 2.41. The van der Waals surface area contributed by atoms with Gasteiger partial charge in [-0.25, -0.2) is 0 Å². The molecule has 1 fully saturated rings. The summed E-state index contributed by atoms with van der Waals surface area (Å²) in [6.45, 7) is 8.30. The van der Waals surface area contributed by atoms with Gasteiger partial charge in [0.2, 0.25) is 5.91 Å². The highest BCUT2D eigenvalue weighted by molar-refractivity contribution is 5.76. The Morgan fingerprint density at radius 2 is 2.00 bits per heavy atom. The van der Waals surface area contributed by atoms with Crippen LogP contribution in [-0.2, 0) is 4.79 Å². The van der Waals surface area contributed by atoms with Gasteiger partial charge in [0.1, 0.15) is 0 Å². The molecule has 0 atom stereocenters. The van der Waals surface area contributed by atoms with E-state index in [-0.39, 0.29) is 0 Å². The van der Waals surface area contributed by atoms with E-state index in [1.165, 1.54) is 19.3 Å². The van der Waals surface area contributed by atoms with Crippen molar-refractivity contribution in [3.63, 3.8) is 0 Å². The van der Waals surface area contributed by atoms with Crippen molar-refractivity contribution < 1.29 is 4.79 Å².